The highest BCUT2D eigenvalue weighted by Crippen LogP contribution is 2.19. The predicted molar refractivity (Wildman–Crippen MR) is 82.4 cm³/mol. The van der Waals surface area contributed by atoms with Gasteiger partial charge in [-0.15, -0.1) is 0 Å². The molecule has 1 N–H and O–H groups in total. The number of carbonyl (C=O) groups is 1. The average Bonchev–Trinajstić information content (AvgIpc) is 2.35. The molecule has 7 heteroatoms. The number of halogens is 2. The topological polar surface area (TPSA) is 63.2 Å². The zero-order valence-electron chi connectivity index (χ0n) is 10.9. The molecule has 0 saturated heterocycles. The van der Waals surface area contributed by atoms with Gasteiger partial charge in [0.1, 0.15) is 5.82 Å². The van der Waals surface area contributed by atoms with Crippen molar-refractivity contribution in [3.05, 3.63) is 63.9 Å². The second kappa shape index (κ2) is 5.95. The number of rotatable bonds is 4. The number of hydrogen-bond donors (Lipinski definition) is 1. The number of ketones is 1. The van der Waals surface area contributed by atoms with Crippen LogP contribution in [0.2, 0.25) is 0 Å². The second-order valence-corrected chi connectivity index (χ2v) is 7.10. The van der Waals surface area contributed by atoms with Crippen LogP contribution in [-0.4, -0.2) is 20.5 Å². The molecule has 0 heterocycles. The summed E-state index contributed by atoms with van der Waals surface area (Å²) < 4.78 is 38.2. The first-order valence-electron chi connectivity index (χ1n) is 5.83. The summed E-state index contributed by atoms with van der Waals surface area (Å²) in [6.45, 7) is 0. The van der Waals surface area contributed by atoms with Crippen LogP contribution < -0.4 is 4.72 Å². The summed E-state index contributed by atoms with van der Waals surface area (Å²) in [7, 11) is -3.36. The van der Waals surface area contributed by atoms with E-state index in [0.29, 0.717) is 15.7 Å². The summed E-state index contributed by atoms with van der Waals surface area (Å²) >= 11 is 3.13. The molecule has 0 saturated carbocycles. The summed E-state index contributed by atoms with van der Waals surface area (Å²) in [5, 5.41) is 0. The van der Waals surface area contributed by atoms with Gasteiger partial charge in [-0.05, 0) is 42.5 Å². The Morgan fingerprint density at radius 3 is 2.24 bits per heavy atom. The van der Waals surface area contributed by atoms with Gasteiger partial charge in [-0.25, -0.2) is 12.8 Å². The van der Waals surface area contributed by atoms with Gasteiger partial charge in [0.05, 0.1) is 6.26 Å². The third-order valence-electron chi connectivity index (χ3n) is 2.58. The Balaban J connectivity index is 2.28. The Morgan fingerprint density at radius 1 is 1.10 bits per heavy atom. The van der Waals surface area contributed by atoms with Gasteiger partial charge < -0.3 is 0 Å². The van der Waals surface area contributed by atoms with Crippen LogP contribution in [0.3, 0.4) is 0 Å². The van der Waals surface area contributed by atoms with Crippen LogP contribution in [0.15, 0.2) is 46.9 Å². The smallest absolute Gasteiger partial charge is 0.229 e. The molecule has 2 aromatic rings. The molecule has 0 unspecified atom stereocenters. The SMILES string of the molecule is CS(=O)(=O)Nc1ccc(C(=O)c2cc(F)cc(Br)c2)cc1. The molecule has 0 fully saturated rings. The van der Waals surface area contributed by atoms with Crippen molar-refractivity contribution in [1.29, 1.82) is 0 Å². The van der Waals surface area contributed by atoms with Crippen molar-refractivity contribution in [3.63, 3.8) is 0 Å². The molecule has 0 radical (unpaired) electrons. The quantitative estimate of drug-likeness (QED) is 0.839. The number of carbonyl (C=O) groups excluding carboxylic acids is 1. The van der Waals surface area contributed by atoms with Gasteiger partial charge in [0.2, 0.25) is 10.0 Å². The Morgan fingerprint density at radius 2 is 1.71 bits per heavy atom. The lowest BCUT2D eigenvalue weighted by atomic mass is 10.0. The first-order chi connectivity index (χ1) is 9.74. The summed E-state index contributed by atoms with van der Waals surface area (Å²) in [6, 6.07) is 9.84. The van der Waals surface area contributed by atoms with Gasteiger partial charge in [-0.1, -0.05) is 15.9 Å². The van der Waals surface area contributed by atoms with Gasteiger partial charge in [-0.2, -0.15) is 0 Å². The molecule has 2 rings (SSSR count). The fourth-order valence-electron chi connectivity index (χ4n) is 1.76. The minimum atomic E-state index is -3.36. The Hall–Kier alpha value is -1.73. The Kier molecular flexibility index (Phi) is 4.43. The van der Waals surface area contributed by atoms with Crippen molar-refractivity contribution >= 4 is 37.4 Å². The van der Waals surface area contributed by atoms with Crippen molar-refractivity contribution < 1.29 is 17.6 Å². The van der Waals surface area contributed by atoms with Crippen LogP contribution in [0.25, 0.3) is 0 Å². The summed E-state index contributed by atoms with van der Waals surface area (Å²) in [4.78, 5) is 12.2. The number of sulfonamides is 1. The lowest BCUT2D eigenvalue weighted by Gasteiger charge is -2.06. The molecule has 0 aliphatic heterocycles. The first kappa shape index (κ1) is 15.7. The lowest BCUT2D eigenvalue weighted by molar-refractivity contribution is 0.103. The molecule has 0 spiro atoms. The summed E-state index contributed by atoms with van der Waals surface area (Å²) in [6.07, 6.45) is 1.04. The molecule has 0 bridgehead atoms. The van der Waals surface area contributed by atoms with Gasteiger partial charge in [0, 0.05) is 21.3 Å². The van der Waals surface area contributed by atoms with Crippen LogP contribution in [-0.2, 0) is 10.0 Å². The standard InChI is InChI=1S/C14H11BrFNO3S/c1-21(19,20)17-13-4-2-9(3-5-13)14(18)10-6-11(15)8-12(16)7-10/h2-8,17H,1H3. The zero-order valence-corrected chi connectivity index (χ0v) is 13.3. The molecular formula is C14H11BrFNO3S. The van der Waals surface area contributed by atoms with Crippen LogP contribution in [0, 0.1) is 5.82 Å². The van der Waals surface area contributed by atoms with E-state index in [1.165, 1.54) is 36.4 Å². The summed E-state index contributed by atoms with van der Waals surface area (Å²) in [5.41, 5.74) is 0.909. The van der Waals surface area contributed by atoms with Crippen molar-refractivity contribution in [2.24, 2.45) is 0 Å². The highest BCUT2D eigenvalue weighted by Gasteiger charge is 2.11. The molecule has 0 aliphatic carbocycles. The van der Waals surface area contributed by atoms with E-state index >= 15 is 0 Å². The monoisotopic (exact) mass is 371 g/mol. The molecule has 110 valence electrons. The van der Waals surface area contributed by atoms with E-state index in [1.54, 1.807) is 0 Å². The number of benzene rings is 2. The highest BCUT2D eigenvalue weighted by molar-refractivity contribution is 9.10. The van der Waals surface area contributed by atoms with E-state index < -0.39 is 15.8 Å². The van der Waals surface area contributed by atoms with Gasteiger partial charge >= 0.3 is 0 Å². The van der Waals surface area contributed by atoms with E-state index in [4.69, 9.17) is 0 Å². The zero-order chi connectivity index (χ0) is 15.6. The minimum Gasteiger partial charge on any atom is -0.289 e. The van der Waals surface area contributed by atoms with Crippen LogP contribution in [0.4, 0.5) is 10.1 Å². The lowest BCUT2D eigenvalue weighted by Crippen LogP contribution is -2.09. The second-order valence-electron chi connectivity index (χ2n) is 4.44. The van der Waals surface area contributed by atoms with Crippen molar-refractivity contribution in [2.75, 3.05) is 11.0 Å². The van der Waals surface area contributed by atoms with Gasteiger partial charge in [-0.3, -0.25) is 9.52 Å². The molecule has 4 nitrogen and oxygen atoms in total. The molecule has 0 aliphatic rings. The largest absolute Gasteiger partial charge is 0.289 e. The van der Waals surface area contributed by atoms with Crippen LogP contribution in [0.1, 0.15) is 15.9 Å². The minimum absolute atomic E-state index is 0.214. The number of anilines is 1. The molecular weight excluding hydrogens is 361 g/mol. The van der Waals surface area contributed by atoms with E-state index in [0.717, 1.165) is 12.3 Å². The Labute approximate surface area is 130 Å². The van der Waals surface area contributed by atoms with Crippen molar-refractivity contribution in [1.82, 2.24) is 0 Å². The summed E-state index contributed by atoms with van der Waals surface area (Å²) in [5.74, 6) is -0.857. The first-order valence-corrected chi connectivity index (χ1v) is 8.52. The maximum Gasteiger partial charge on any atom is 0.229 e. The molecule has 0 amide bonds. The van der Waals surface area contributed by atoms with Gasteiger partial charge in [0.25, 0.3) is 0 Å². The molecule has 0 aromatic heterocycles. The van der Waals surface area contributed by atoms with E-state index in [1.807, 2.05) is 0 Å². The third-order valence-corrected chi connectivity index (χ3v) is 3.64. The van der Waals surface area contributed by atoms with E-state index in [-0.39, 0.29) is 11.3 Å². The van der Waals surface area contributed by atoms with Crippen LogP contribution >= 0.6 is 15.9 Å². The molecule has 21 heavy (non-hydrogen) atoms. The third kappa shape index (κ3) is 4.37. The van der Waals surface area contributed by atoms with Crippen molar-refractivity contribution in [3.8, 4) is 0 Å². The fourth-order valence-corrected chi connectivity index (χ4v) is 2.78. The average molecular weight is 372 g/mol. The number of nitrogens with one attached hydrogen (secondary N) is 1. The van der Waals surface area contributed by atoms with Gasteiger partial charge in [0.15, 0.2) is 5.78 Å². The maximum atomic E-state index is 13.3. The normalized spacial score (nSPS) is 11.2. The maximum absolute atomic E-state index is 13.3. The number of hydrogen-bond acceptors (Lipinski definition) is 3. The Bertz CT molecular complexity index is 768. The van der Waals surface area contributed by atoms with Crippen LogP contribution in [0.5, 0.6) is 0 Å². The highest BCUT2D eigenvalue weighted by atomic mass is 79.9. The van der Waals surface area contributed by atoms with E-state index in [2.05, 4.69) is 20.7 Å². The molecule has 0 atom stereocenters. The molecule has 2 aromatic carbocycles. The fraction of sp³-hybridized carbons (Fsp3) is 0.0714. The predicted octanol–water partition coefficient (Wildman–Crippen LogP) is 3.19. The van der Waals surface area contributed by atoms with E-state index in [9.17, 15) is 17.6 Å². The van der Waals surface area contributed by atoms with Crippen molar-refractivity contribution in [2.45, 2.75) is 0 Å².